The van der Waals surface area contributed by atoms with E-state index in [2.05, 4.69) is 15.5 Å². The Labute approximate surface area is 124 Å². The summed E-state index contributed by atoms with van der Waals surface area (Å²) in [6, 6.07) is -0.284. The van der Waals surface area contributed by atoms with Crippen molar-refractivity contribution in [2.45, 2.75) is 51.2 Å². The lowest BCUT2D eigenvalue weighted by Crippen LogP contribution is -2.36. The maximum Gasteiger partial charge on any atom is 0.249 e. The minimum absolute atomic E-state index is 0.128. The first-order valence-corrected chi connectivity index (χ1v) is 7.40. The first-order valence-electron chi connectivity index (χ1n) is 7.40. The summed E-state index contributed by atoms with van der Waals surface area (Å²) in [7, 11) is 1.55. The van der Waals surface area contributed by atoms with Gasteiger partial charge in [-0.05, 0) is 18.8 Å². The molecule has 1 aromatic heterocycles. The Balaban J connectivity index is 1.99. The van der Waals surface area contributed by atoms with Crippen molar-refractivity contribution in [3.05, 3.63) is 11.7 Å². The molecule has 1 fully saturated rings. The molecule has 118 valence electrons. The quantitative estimate of drug-likeness (QED) is 0.745. The monoisotopic (exact) mass is 296 g/mol. The van der Waals surface area contributed by atoms with E-state index in [1.54, 1.807) is 7.11 Å². The lowest BCUT2D eigenvalue weighted by atomic mass is 10.0. The predicted molar refractivity (Wildman–Crippen MR) is 76.5 cm³/mol. The van der Waals surface area contributed by atoms with E-state index in [9.17, 15) is 4.79 Å². The summed E-state index contributed by atoms with van der Waals surface area (Å²) in [5, 5.41) is 6.93. The number of amides is 1. The maximum absolute atomic E-state index is 12.1. The van der Waals surface area contributed by atoms with Crippen LogP contribution in [0.3, 0.4) is 0 Å². The first kappa shape index (κ1) is 15.9. The standard InChI is InChI=1S/C14H24N4O3/c1-8(2)12(16-11(19)6-10(7-15)20-3)14-17-13(18-21-14)9-4-5-9/h8-10,12H,4-7,15H2,1-3H3,(H,16,19). The van der Waals surface area contributed by atoms with Gasteiger partial charge in [-0.2, -0.15) is 4.98 Å². The number of hydrogen-bond acceptors (Lipinski definition) is 6. The average Bonchev–Trinajstić information content (AvgIpc) is 3.20. The van der Waals surface area contributed by atoms with Crippen LogP contribution in [-0.4, -0.2) is 35.8 Å². The second kappa shape index (κ2) is 7.00. The highest BCUT2D eigenvalue weighted by Crippen LogP contribution is 2.38. The van der Waals surface area contributed by atoms with Gasteiger partial charge in [0.15, 0.2) is 5.82 Å². The van der Waals surface area contributed by atoms with Gasteiger partial charge >= 0.3 is 0 Å². The number of rotatable bonds is 8. The van der Waals surface area contributed by atoms with Gasteiger partial charge in [0.25, 0.3) is 0 Å². The van der Waals surface area contributed by atoms with Gasteiger partial charge in [0.1, 0.15) is 6.04 Å². The number of aromatic nitrogens is 2. The molecule has 0 aliphatic heterocycles. The topological polar surface area (TPSA) is 103 Å². The van der Waals surface area contributed by atoms with Crippen LogP contribution < -0.4 is 11.1 Å². The zero-order chi connectivity index (χ0) is 15.4. The highest BCUT2D eigenvalue weighted by Gasteiger charge is 2.31. The molecule has 2 unspecified atom stereocenters. The third kappa shape index (κ3) is 4.25. The second-order valence-electron chi connectivity index (χ2n) is 5.85. The van der Waals surface area contributed by atoms with Gasteiger partial charge in [-0.3, -0.25) is 4.79 Å². The molecule has 0 aromatic carbocycles. The number of carbonyl (C=O) groups excluding carboxylic acids is 1. The van der Waals surface area contributed by atoms with Crippen molar-refractivity contribution < 1.29 is 14.1 Å². The molecular weight excluding hydrogens is 272 g/mol. The Kier molecular flexibility index (Phi) is 5.30. The highest BCUT2D eigenvalue weighted by molar-refractivity contribution is 5.76. The molecule has 1 heterocycles. The van der Waals surface area contributed by atoms with E-state index in [-0.39, 0.29) is 30.4 Å². The molecule has 1 aliphatic carbocycles. The van der Waals surface area contributed by atoms with Gasteiger partial charge in [-0.25, -0.2) is 0 Å². The molecule has 1 aliphatic rings. The lowest BCUT2D eigenvalue weighted by Gasteiger charge is -2.20. The van der Waals surface area contributed by atoms with E-state index in [4.69, 9.17) is 15.0 Å². The number of nitrogens with two attached hydrogens (primary N) is 1. The van der Waals surface area contributed by atoms with Crippen LogP contribution in [0.15, 0.2) is 4.52 Å². The maximum atomic E-state index is 12.1. The van der Waals surface area contributed by atoms with Crippen LogP contribution in [0.25, 0.3) is 0 Å². The molecule has 7 nitrogen and oxygen atoms in total. The zero-order valence-corrected chi connectivity index (χ0v) is 12.8. The fourth-order valence-electron chi connectivity index (χ4n) is 2.10. The minimum Gasteiger partial charge on any atom is -0.380 e. The summed E-state index contributed by atoms with van der Waals surface area (Å²) >= 11 is 0. The van der Waals surface area contributed by atoms with E-state index in [0.717, 1.165) is 18.7 Å². The molecule has 21 heavy (non-hydrogen) atoms. The van der Waals surface area contributed by atoms with Crippen molar-refractivity contribution in [3.8, 4) is 0 Å². The van der Waals surface area contributed by atoms with Crippen molar-refractivity contribution in [1.29, 1.82) is 0 Å². The number of nitrogens with zero attached hydrogens (tertiary/aromatic N) is 2. The molecular formula is C14H24N4O3. The van der Waals surface area contributed by atoms with Gasteiger partial charge in [0.05, 0.1) is 12.5 Å². The molecule has 0 spiro atoms. The summed E-state index contributed by atoms with van der Waals surface area (Å²) in [5.41, 5.74) is 5.53. The number of methoxy groups -OCH3 is 1. The fraction of sp³-hybridized carbons (Fsp3) is 0.786. The van der Waals surface area contributed by atoms with Gasteiger partial charge in [-0.15, -0.1) is 0 Å². The van der Waals surface area contributed by atoms with Crippen LogP contribution in [0.4, 0.5) is 0 Å². The number of nitrogens with one attached hydrogen (secondary N) is 1. The Bertz CT molecular complexity index is 467. The van der Waals surface area contributed by atoms with Crippen molar-refractivity contribution in [3.63, 3.8) is 0 Å². The van der Waals surface area contributed by atoms with E-state index in [1.807, 2.05) is 13.8 Å². The van der Waals surface area contributed by atoms with Crippen LogP contribution in [0.5, 0.6) is 0 Å². The second-order valence-corrected chi connectivity index (χ2v) is 5.85. The number of carbonyl (C=O) groups is 1. The van der Waals surface area contributed by atoms with E-state index >= 15 is 0 Å². The molecule has 1 amide bonds. The molecule has 2 atom stereocenters. The SMILES string of the molecule is COC(CN)CC(=O)NC(c1nc(C2CC2)no1)C(C)C. The van der Waals surface area contributed by atoms with Crippen molar-refractivity contribution in [2.24, 2.45) is 11.7 Å². The molecule has 0 saturated heterocycles. The zero-order valence-electron chi connectivity index (χ0n) is 12.8. The predicted octanol–water partition coefficient (Wildman–Crippen LogP) is 1.12. The first-order chi connectivity index (χ1) is 10.0. The third-order valence-electron chi connectivity index (χ3n) is 3.66. The van der Waals surface area contributed by atoms with Crippen molar-refractivity contribution in [2.75, 3.05) is 13.7 Å². The normalized spacial score (nSPS) is 17.8. The summed E-state index contributed by atoms with van der Waals surface area (Å²) in [6.45, 7) is 4.31. The van der Waals surface area contributed by atoms with Crippen molar-refractivity contribution in [1.82, 2.24) is 15.5 Å². The van der Waals surface area contributed by atoms with Gasteiger partial charge in [0.2, 0.25) is 11.8 Å². The van der Waals surface area contributed by atoms with Crippen molar-refractivity contribution >= 4 is 5.91 Å². The van der Waals surface area contributed by atoms with Crippen LogP contribution in [0.1, 0.15) is 56.8 Å². The van der Waals surface area contributed by atoms with Crippen LogP contribution in [0, 0.1) is 5.92 Å². The van der Waals surface area contributed by atoms with Gasteiger partial charge in [-0.1, -0.05) is 19.0 Å². The molecule has 0 bridgehead atoms. The largest absolute Gasteiger partial charge is 0.380 e. The Morgan fingerprint density at radius 3 is 2.76 bits per heavy atom. The molecule has 2 rings (SSSR count). The average molecular weight is 296 g/mol. The molecule has 3 N–H and O–H groups in total. The fourth-order valence-corrected chi connectivity index (χ4v) is 2.10. The third-order valence-corrected chi connectivity index (χ3v) is 3.66. The van der Waals surface area contributed by atoms with Gasteiger partial charge < -0.3 is 20.3 Å². The highest BCUT2D eigenvalue weighted by atomic mass is 16.5. The summed E-state index contributed by atoms with van der Waals surface area (Å²) in [4.78, 5) is 16.5. The number of hydrogen-bond donors (Lipinski definition) is 2. The summed E-state index contributed by atoms with van der Waals surface area (Å²) in [6.07, 6.45) is 2.18. The number of ether oxygens (including phenoxy) is 1. The summed E-state index contributed by atoms with van der Waals surface area (Å²) in [5.74, 6) is 1.68. The minimum atomic E-state index is -0.284. The molecule has 0 radical (unpaired) electrons. The van der Waals surface area contributed by atoms with Crippen LogP contribution in [-0.2, 0) is 9.53 Å². The van der Waals surface area contributed by atoms with Crippen LogP contribution >= 0.6 is 0 Å². The Hall–Kier alpha value is -1.47. The Morgan fingerprint density at radius 1 is 1.52 bits per heavy atom. The molecule has 7 heteroatoms. The van der Waals surface area contributed by atoms with E-state index in [0.29, 0.717) is 18.4 Å². The smallest absolute Gasteiger partial charge is 0.249 e. The van der Waals surface area contributed by atoms with Crippen LogP contribution in [0.2, 0.25) is 0 Å². The Morgan fingerprint density at radius 2 is 2.24 bits per heavy atom. The van der Waals surface area contributed by atoms with Gasteiger partial charge in [0, 0.05) is 19.6 Å². The van der Waals surface area contributed by atoms with E-state index in [1.165, 1.54) is 0 Å². The molecule has 1 saturated carbocycles. The lowest BCUT2D eigenvalue weighted by molar-refractivity contribution is -0.124. The van der Waals surface area contributed by atoms with E-state index < -0.39 is 0 Å². The summed E-state index contributed by atoms with van der Waals surface area (Å²) < 4.78 is 10.4. The molecule has 1 aromatic rings.